The molecule has 2 aromatic rings. The average Bonchev–Trinajstić information content (AvgIpc) is 3.46. The van der Waals surface area contributed by atoms with Gasteiger partial charge in [-0.25, -0.2) is 0 Å². The summed E-state index contributed by atoms with van der Waals surface area (Å²) in [4.78, 5) is 14.0. The summed E-state index contributed by atoms with van der Waals surface area (Å²) < 4.78 is 11.0. The van der Waals surface area contributed by atoms with E-state index in [-0.39, 0.29) is 10.7 Å². The highest BCUT2D eigenvalue weighted by Gasteiger charge is 2.43. The van der Waals surface area contributed by atoms with Gasteiger partial charge >= 0.3 is 0 Å². The minimum Gasteiger partial charge on any atom is -0.493 e. The fourth-order valence-corrected chi connectivity index (χ4v) is 4.26. The largest absolute Gasteiger partial charge is 0.493 e. The van der Waals surface area contributed by atoms with Gasteiger partial charge in [-0.15, -0.1) is 18.3 Å². The molecule has 0 unspecified atom stereocenters. The van der Waals surface area contributed by atoms with Gasteiger partial charge in [0.2, 0.25) is 0 Å². The number of allylic oxidation sites excluding steroid dienone is 1. The van der Waals surface area contributed by atoms with Crippen molar-refractivity contribution in [3.8, 4) is 11.5 Å². The number of amides is 1. The van der Waals surface area contributed by atoms with E-state index < -0.39 is 0 Å². The van der Waals surface area contributed by atoms with E-state index in [2.05, 4.69) is 24.0 Å². The van der Waals surface area contributed by atoms with Gasteiger partial charge in [-0.05, 0) is 43.5 Å². The Balaban J connectivity index is 1.70. The van der Waals surface area contributed by atoms with Gasteiger partial charge in [-0.2, -0.15) is 0 Å². The van der Waals surface area contributed by atoms with Gasteiger partial charge in [0, 0.05) is 27.3 Å². The molecule has 0 bridgehead atoms. The number of hydrogen-bond donors (Lipinski definition) is 1. The number of hydrogen-bond acceptors (Lipinski definition) is 4. The van der Waals surface area contributed by atoms with Crippen LogP contribution in [0.5, 0.6) is 11.5 Å². The van der Waals surface area contributed by atoms with E-state index in [0.717, 1.165) is 18.4 Å². The molecule has 4 nitrogen and oxygen atoms in total. The van der Waals surface area contributed by atoms with Crippen LogP contribution in [-0.2, 0) is 6.42 Å². The highest BCUT2D eigenvalue weighted by Crippen LogP contribution is 2.51. The van der Waals surface area contributed by atoms with Crippen LogP contribution in [0.15, 0.2) is 60.0 Å². The molecule has 1 aliphatic rings. The third-order valence-corrected chi connectivity index (χ3v) is 6.13. The number of nitrogens with one attached hydrogen (secondary N) is 1. The lowest BCUT2D eigenvalue weighted by Gasteiger charge is -2.17. The first kappa shape index (κ1) is 19.4. The van der Waals surface area contributed by atoms with Gasteiger partial charge in [0.25, 0.3) is 5.91 Å². The SMILES string of the molecule is C=CCc1cc(C(=O)NCC2(Sc3ccccc3)CC2)cc(OC)c1OC. The normalized spacial score (nSPS) is 14.3. The Morgan fingerprint density at radius 3 is 2.56 bits per heavy atom. The van der Waals surface area contributed by atoms with E-state index in [0.29, 0.717) is 30.0 Å². The van der Waals surface area contributed by atoms with Crippen LogP contribution in [0.2, 0.25) is 0 Å². The van der Waals surface area contributed by atoms with Gasteiger partial charge < -0.3 is 14.8 Å². The molecular formula is C22H25NO3S. The van der Waals surface area contributed by atoms with E-state index in [9.17, 15) is 4.79 Å². The minimum atomic E-state index is -0.0961. The highest BCUT2D eigenvalue weighted by atomic mass is 32.2. The standard InChI is InChI=1S/C22H25NO3S/c1-4-8-16-13-17(14-19(25-2)20(16)26-3)21(24)23-15-22(11-12-22)27-18-9-6-5-7-10-18/h4-7,9-10,13-14H,1,8,11-12,15H2,2-3H3,(H,23,24). The first-order valence-corrected chi connectivity index (χ1v) is 9.80. The number of methoxy groups -OCH3 is 2. The fraction of sp³-hybridized carbons (Fsp3) is 0.318. The molecule has 5 heteroatoms. The van der Waals surface area contributed by atoms with Crippen molar-refractivity contribution in [1.82, 2.24) is 5.32 Å². The Labute approximate surface area is 165 Å². The van der Waals surface area contributed by atoms with Crippen LogP contribution in [0.3, 0.4) is 0 Å². The molecule has 0 heterocycles. The summed E-state index contributed by atoms with van der Waals surface area (Å²) in [6.07, 6.45) is 4.62. The van der Waals surface area contributed by atoms with Gasteiger partial charge in [0.05, 0.1) is 14.2 Å². The van der Waals surface area contributed by atoms with Crippen LogP contribution in [0.1, 0.15) is 28.8 Å². The van der Waals surface area contributed by atoms with Crippen molar-refractivity contribution in [3.63, 3.8) is 0 Å². The third-order valence-electron chi connectivity index (χ3n) is 4.64. The monoisotopic (exact) mass is 383 g/mol. The molecule has 27 heavy (non-hydrogen) atoms. The predicted molar refractivity (Wildman–Crippen MR) is 110 cm³/mol. The number of carbonyl (C=O) groups is 1. The molecule has 1 N–H and O–H groups in total. The predicted octanol–water partition coefficient (Wildman–Crippen LogP) is 4.49. The van der Waals surface area contributed by atoms with E-state index in [1.54, 1.807) is 26.4 Å². The van der Waals surface area contributed by atoms with Crippen LogP contribution in [0, 0.1) is 0 Å². The fourth-order valence-electron chi connectivity index (χ4n) is 3.02. The second kappa shape index (κ2) is 8.53. The van der Waals surface area contributed by atoms with E-state index in [1.807, 2.05) is 36.0 Å². The Kier molecular flexibility index (Phi) is 6.11. The molecule has 0 aliphatic heterocycles. The summed E-state index contributed by atoms with van der Waals surface area (Å²) in [5.74, 6) is 1.11. The lowest BCUT2D eigenvalue weighted by Crippen LogP contribution is -2.31. The first-order chi connectivity index (χ1) is 13.1. The molecule has 1 aliphatic carbocycles. The molecule has 0 saturated heterocycles. The highest BCUT2D eigenvalue weighted by molar-refractivity contribution is 8.01. The summed E-state index contributed by atoms with van der Waals surface area (Å²) in [7, 11) is 3.18. The van der Waals surface area contributed by atoms with Crippen LogP contribution in [-0.4, -0.2) is 31.4 Å². The van der Waals surface area contributed by atoms with Crippen LogP contribution >= 0.6 is 11.8 Å². The zero-order valence-electron chi connectivity index (χ0n) is 15.8. The summed E-state index contributed by atoms with van der Waals surface area (Å²) >= 11 is 1.85. The van der Waals surface area contributed by atoms with Crippen LogP contribution in [0.4, 0.5) is 0 Å². The van der Waals surface area contributed by atoms with Crippen LogP contribution < -0.4 is 14.8 Å². The second-order valence-electron chi connectivity index (χ2n) is 6.64. The smallest absolute Gasteiger partial charge is 0.251 e. The number of ether oxygens (including phenoxy) is 2. The van der Waals surface area contributed by atoms with Crippen molar-refractivity contribution < 1.29 is 14.3 Å². The molecule has 0 spiro atoms. The average molecular weight is 384 g/mol. The second-order valence-corrected chi connectivity index (χ2v) is 8.19. The maximum Gasteiger partial charge on any atom is 0.251 e. The van der Waals surface area contributed by atoms with Crippen molar-refractivity contribution in [2.24, 2.45) is 0 Å². The first-order valence-electron chi connectivity index (χ1n) is 8.99. The van der Waals surface area contributed by atoms with E-state index in [4.69, 9.17) is 9.47 Å². The van der Waals surface area contributed by atoms with Crippen molar-refractivity contribution >= 4 is 17.7 Å². The lowest BCUT2D eigenvalue weighted by atomic mass is 10.0. The molecule has 2 aromatic carbocycles. The van der Waals surface area contributed by atoms with Gasteiger partial charge in [-0.1, -0.05) is 24.3 Å². The minimum absolute atomic E-state index is 0.0961. The summed E-state index contributed by atoms with van der Waals surface area (Å²) in [6.45, 7) is 4.43. The van der Waals surface area contributed by atoms with Crippen molar-refractivity contribution in [1.29, 1.82) is 0 Å². The quantitative estimate of drug-likeness (QED) is 0.648. The van der Waals surface area contributed by atoms with Crippen molar-refractivity contribution in [2.45, 2.75) is 28.9 Å². The number of rotatable bonds is 9. The van der Waals surface area contributed by atoms with Crippen molar-refractivity contribution in [3.05, 3.63) is 66.2 Å². The van der Waals surface area contributed by atoms with Crippen LogP contribution in [0.25, 0.3) is 0 Å². The zero-order chi connectivity index (χ0) is 19.3. The maximum atomic E-state index is 12.8. The number of thioether (sulfide) groups is 1. The number of benzene rings is 2. The van der Waals surface area contributed by atoms with E-state index in [1.165, 1.54) is 4.90 Å². The molecule has 1 saturated carbocycles. The third kappa shape index (κ3) is 4.66. The Hall–Kier alpha value is -2.40. The molecule has 0 aromatic heterocycles. The summed E-state index contributed by atoms with van der Waals surface area (Å²) in [5.41, 5.74) is 1.46. The Morgan fingerprint density at radius 1 is 1.22 bits per heavy atom. The maximum absolute atomic E-state index is 12.8. The van der Waals surface area contributed by atoms with Gasteiger partial charge in [0.15, 0.2) is 11.5 Å². The molecule has 1 amide bonds. The van der Waals surface area contributed by atoms with Gasteiger partial charge in [0.1, 0.15) is 0 Å². The lowest BCUT2D eigenvalue weighted by molar-refractivity contribution is 0.0952. The molecule has 3 rings (SSSR count). The molecule has 0 atom stereocenters. The zero-order valence-corrected chi connectivity index (χ0v) is 16.6. The summed E-state index contributed by atoms with van der Waals surface area (Å²) in [6, 6.07) is 13.9. The summed E-state index contributed by atoms with van der Waals surface area (Å²) in [5, 5.41) is 3.10. The van der Waals surface area contributed by atoms with Gasteiger partial charge in [-0.3, -0.25) is 4.79 Å². The number of carbonyl (C=O) groups excluding carboxylic acids is 1. The molecular weight excluding hydrogens is 358 g/mol. The van der Waals surface area contributed by atoms with E-state index >= 15 is 0 Å². The molecule has 1 fully saturated rings. The topological polar surface area (TPSA) is 47.6 Å². The molecule has 0 radical (unpaired) electrons. The Morgan fingerprint density at radius 2 is 1.96 bits per heavy atom. The van der Waals surface area contributed by atoms with Crippen molar-refractivity contribution in [2.75, 3.05) is 20.8 Å². The molecule has 142 valence electrons. The Bertz CT molecular complexity index is 816.